The maximum atomic E-state index is 10.6. The quantitative estimate of drug-likeness (QED) is 0.0553. The van der Waals surface area contributed by atoms with Crippen molar-refractivity contribution in [1.82, 2.24) is 9.97 Å². The van der Waals surface area contributed by atoms with Gasteiger partial charge >= 0.3 is 5.97 Å². The number of thiazole rings is 2. The van der Waals surface area contributed by atoms with Gasteiger partial charge in [-0.3, -0.25) is 19.8 Å². The average Bonchev–Trinajstić information content (AvgIpc) is 3.31. The molecule has 13 nitrogen and oxygen atoms in total. The minimum Gasteiger partial charge on any atom is -0.492 e. The highest BCUT2D eigenvalue weighted by Gasteiger charge is 2.10. The number of aromatic hydroxyl groups is 1. The van der Waals surface area contributed by atoms with Crippen LogP contribution in [0.4, 0.5) is 0 Å². The van der Waals surface area contributed by atoms with Crippen LogP contribution in [-0.2, 0) is 14.4 Å². The number of carbonyl (C=O) groups excluding carboxylic acids is 2. The summed E-state index contributed by atoms with van der Waals surface area (Å²) in [6.45, 7) is 8.36. The number of ether oxygens (including phenoxy) is 1. The molecule has 2 heterocycles. The number of thiol groups is 1. The van der Waals surface area contributed by atoms with E-state index in [2.05, 4.69) is 27.4 Å². The number of nitrogens with two attached hydrogens (primary N) is 2. The minimum absolute atomic E-state index is 0.0322. The number of carbonyl (C=O) groups is 3. The standard InChI is InChI=1S/C7H12N4O2S.C6H7NO2S.C3H3NO.C3H6O2S/c1-4-6(12-2-3-13-10)11-7(14-4)5(8)9;1-3(8)6-7-5(9)4(2)10-6;1-3(5)2-4;1-2(6)3(4)5/h2-3,10H2,1H3,(H3,8,9);9H,1-2H3;1H3;2,6H,1H3,(H,4,5). The lowest BCUT2D eigenvalue weighted by Gasteiger charge is -2.01. The van der Waals surface area contributed by atoms with Gasteiger partial charge in [-0.25, -0.2) is 5.90 Å². The van der Waals surface area contributed by atoms with Crippen LogP contribution in [0.3, 0.4) is 0 Å². The van der Waals surface area contributed by atoms with E-state index in [9.17, 15) is 14.4 Å². The van der Waals surface area contributed by atoms with Crippen molar-refractivity contribution in [3.05, 3.63) is 19.8 Å². The third kappa shape index (κ3) is 16.2. The third-order valence-electron chi connectivity index (χ3n) is 3.01. The van der Waals surface area contributed by atoms with E-state index in [-0.39, 0.29) is 17.5 Å². The zero-order valence-corrected chi connectivity index (χ0v) is 22.2. The molecule has 0 aliphatic carbocycles. The maximum absolute atomic E-state index is 10.6. The monoisotopic (exact) mass is 548 g/mol. The lowest BCUT2D eigenvalue weighted by Crippen LogP contribution is -2.12. The summed E-state index contributed by atoms with van der Waals surface area (Å²) in [5, 5.41) is 31.9. The molecule has 0 radical (unpaired) electrons. The molecule has 194 valence electrons. The molecule has 1 unspecified atom stereocenters. The molecule has 0 bridgehead atoms. The van der Waals surface area contributed by atoms with Gasteiger partial charge in [-0.1, -0.05) is 0 Å². The number of aliphatic carboxylic acids is 1. The van der Waals surface area contributed by atoms with E-state index in [0.717, 1.165) is 4.88 Å². The zero-order chi connectivity index (χ0) is 27.7. The first-order valence-corrected chi connectivity index (χ1v) is 11.6. The van der Waals surface area contributed by atoms with Crippen LogP contribution in [0, 0.1) is 30.6 Å². The number of carboxylic acids is 1. The zero-order valence-electron chi connectivity index (χ0n) is 19.7. The molecule has 2 aromatic rings. The molecule has 0 saturated carbocycles. The summed E-state index contributed by atoms with van der Waals surface area (Å²) in [5.74, 6) is 3.81. The van der Waals surface area contributed by atoms with E-state index < -0.39 is 17.0 Å². The maximum Gasteiger partial charge on any atom is 0.316 e. The van der Waals surface area contributed by atoms with E-state index >= 15 is 0 Å². The van der Waals surface area contributed by atoms with Crippen LogP contribution in [0.15, 0.2) is 0 Å². The van der Waals surface area contributed by atoms with Crippen molar-refractivity contribution in [2.75, 3.05) is 13.2 Å². The summed E-state index contributed by atoms with van der Waals surface area (Å²) in [5.41, 5.74) is 5.28. The topological polar surface area (TPSA) is 236 Å². The predicted octanol–water partition coefficient (Wildman–Crippen LogP) is 1.85. The van der Waals surface area contributed by atoms with Gasteiger partial charge in [-0.2, -0.15) is 27.9 Å². The van der Waals surface area contributed by atoms with Gasteiger partial charge in [0, 0.05) is 13.8 Å². The number of nitrogen functional groups attached to an aromatic ring is 1. The number of nitriles is 1. The summed E-state index contributed by atoms with van der Waals surface area (Å²) in [6.07, 6.45) is 0. The lowest BCUT2D eigenvalue weighted by molar-refractivity contribution is -0.136. The summed E-state index contributed by atoms with van der Waals surface area (Å²) in [4.78, 5) is 43.3. The Balaban J connectivity index is 0. The Morgan fingerprint density at radius 1 is 1.17 bits per heavy atom. The number of nitrogens with one attached hydrogen (secondary N) is 1. The van der Waals surface area contributed by atoms with E-state index in [1.54, 1.807) is 6.92 Å². The van der Waals surface area contributed by atoms with Gasteiger partial charge in [-0.15, -0.1) is 22.7 Å². The molecule has 35 heavy (non-hydrogen) atoms. The number of hydrogen-bond donors (Lipinski definition) is 6. The van der Waals surface area contributed by atoms with E-state index in [1.807, 2.05) is 6.92 Å². The van der Waals surface area contributed by atoms with Crippen LogP contribution in [0.1, 0.15) is 45.3 Å². The van der Waals surface area contributed by atoms with Crippen molar-refractivity contribution in [2.45, 2.75) is 39.9 Å². The van der Waals surface area contributed by atoms with Gasteiger partial charge in [0.15, 0.2) is 21.6 Å². The molecule has 0 amide bonds. The fraction of sp³-hybridized carbons (Fsp3) is 0.421. The Bertz CT molecular complexity index is 1010. The van der Waals surface area contributed by atoms with Crippen LogP contribution in [-0.4, -0.2) is 62.0 Å². The first-order valence-electron chi connectivity index (χ1n) is 9.42. The van der Waals surface area contributed by atoms with Crippen LogP contribution >= 0.6 is 35.3 Å². The van der Waals surface area contributed by atoms with Gasteiger partial charge < -0.3 is 25.5 Å². The number of amidine groups is 1. The summed E-state index contributed by atoms with van der Waals surface area (Å²) in [7, 11) is 0. The number of rotatable bonds is 7. The van der Waals surface area contributed by atoms with Gasteiger partial charge in [0.1, 0.15) is 19.3 Å². The Kier molecular flexibility index (Phi) is 17.8. The Morgan fingerprint density at radius 3 is 1.91 bits per heavy atom. The highest BCUT2D eigenvalue weighted by atomic mass is 32.1. The van der Waals surface area contributed by atoms with Gasteiger partial charge in [0.2, 0.25) is 17.5 Å². The molecular weight excluding hydrogens is 520 g/mol. The molecule has 0 fully saturated rings. The van der Waals surface area contributed by atoms with Gasteiger partial charge in [0.25, 0.3) is 0 Å². The first-order chi connectivity index (χ1) is 16.2. The minimum atomic E-state index is -0.877. The molecule has 2 rings (SSSR count). The first kappa shape index (κ1) is 34.1. The average molecular weight is 549 g/mol. The second kappa shape index (κ2) is 18.3. The van der Waals surface area contributed by atoms with Crippen molar-refractivity contribution in [1.29, 1.82) is 10.7 Å². The molecule has 0 spiro atoms. The second-order valence-corrected chi connectivity index (χ2v) is 9.33. The number of ketones is 2. The molecule has 7 N–H and O–H groups in total. The number of Topliss-reactive ketones (excluding diaryl/α,β-unsaturated/α-hetero) is 2. The van der Waals surface area contributed by atoms with Crippen molar-refractivity contribution in [3.63, 3.8) is 0 Å². The Morgan fingerprint density at radius 2 is 1.66 bits per heavy atom. The summed E-state index contributed by atoms with van der Waals surface area (Å²) in [6, 6.07) is 1.39. The number of carboxylic acid groups (broad SMARTS) is 1. The predicted molar refractivity (Wildman–Crippen MR) is 134 cm³/mol. The van der Waals surface area contributed by atoms with Gasteiger partial charge in [-0.05, 0) is 20.8 Å². The van der Waals surface area contributed by atoms with Crippen LogP contribution in [0.5, 0.6) is 11.8 Å². The van der Waals surface area contributed by atoms with Gasteiger partial charge in [0.05, 0.1) is 15.0 Å². The van der Waals surface area contributed by atoms with E-state index in [4.69, 9.17) is 37.3 Å². The lowest BCUT2D eigenvalue weighted by atomic mass is 10.5. The number of aryl methyl sites for hydroxylation is 2. The highest BCUT2D eigenvalue weighted by Crippen LogP contribution is 2.23. The Hall–Kier alpha value is -3.10. The van der Waals surface area contributed by atoms with E-state index in [0.29, 0.717) is 34.0 Å². The molecular formula is C19H28N6O7S3. The SMILES string of the molecule is CC(=O)C#N.CC(=O)c1nc(O)c(C)s1.CC(S)C(=O)O.Cc1sc(C(=N)N)nc1OCCON. The normalized spacial score (nSPS) is 10.0. The number of aromatic nitrogens is 2. The molecule has 1 atom stereocenters. The molecule has 16 heteroatoms. The molecule has 0 saturated heterocycles. The van der Waals surface area contributed by atoms with Crippen LogP contribution in [0.2, 0.25) is 0 Å². The van der Waals surface area contributed by atoms with Crippen molar-refractivity contribution in [2.24, 2.45) is 11.6 Å². The van der Waals surface area contributed by atoms with Crippen molar-refractivity contribution >= 4 is 58.7 Å². The molecule has 2 aromatic heterocycles. The fourth-order valence-corrected chi connectivity index (χ4v) is 2.78. The van der Waals surface area contributed by atoms with Crippen molar-refractivity contribution in [3.8, 4) is 17.8 Å². The fourth-order valence-electron chi connectivity index (χ4n) is 1.36. The largest absolute Gasteiger partial charge is 0.492 e. The van der Waals surface area contributed by atoms with Crippen LogP contribution in [0.25, 0.3) is 0 Å². The molecule has 0 aromatic carbocycles. The Labute approximate surface area is 215 Å². The number of hydrogen-bond acceptors (Lipinski definition) is 14. The van der Waals surface area contributed by atoms with E-state index in [1.165, 1.54) is 49.5 Å². The molecule has 0 aliphatic heterocycles. The summed E-state index contributed by atoms with van der Waals surface area (Å²) >= 11 is 6.13. The van der Waals surface area contributed by atoms with Crippen molar-refractivity contribution < 1.29 is 34.2 Å². The van der Waals surface area contributed by atoms with Crippen LogP contribution < -0.4 is 16.4 Å². The highest BCUT2D eigenvalue weighted by molar-refractivity contribution is 7.81. The molecule has 0 aliphatic rings. The summed E-state index contributed by atoms with van der Waals surface area (Å²) < 4.78 is 5.25. The third-order valence-corrected chi connectivity index (χ3v) is 5.28. The smallest absolute Gasteiger partial charge is 0.316 e. The number of nitrogens with zero attached hydrogens (tertiary/aromatic N) is 3. The second-order valence-electron chi connectivity index (χ2n) is 6.15.